The summed E-state index contributed by atoms with van der Waals surface area (Å²) in [6.45, 7) is 5.01. The van der Waals surface area contributed by atoms with Gasteiger partial charge in [-0.1, -0.05) is 18.2 Å². The average Bonchev–Trinajstić information content (AvgIpc) is 2.66. The van der Waals surface area contributed by atoms with Crippen LogP contribution in [0.5, 0.6) is 5.75 Å². The van der Waals surface area contributed by atoms with E-state index in [1.165, 1.54) is 0 Å². The van der Waals surface area contributed by atoms with Crippen molar-refractivity contribution in [1.29, 1.82) is 5.26 Å². The molecule has 0 aliphatic heterocycles. The van der Waals surface area contributed by atoms with Crippen LogP contribution in [0.3, 0.4) is 0 Å². The first kappa shape index (κ1) is 20.7. The number of benzene rings is 1. The maximum absolute atomic E-state index is 9.64. The van der Waals surface area contributed by atoms with Gasteiger partial charge in [-0.3, -0.25) is 4.90 Å². The molecular weight excluding hydrogens is 328 g/mol. The first-order valence-electron chi connectivity index (χ1n) is 9.54. The zero-order valence-corrected chi connectivity index (χ0v) is 16.5. The van der Waals surface area contributed by atoms with Crippen LogP contribution in [0.25, 0.3) is 0 Å². The van der Waals surface area contributed by atoms with Crippen LogP contribution in [0.4, 0.5) is 0 Å². The minimum atomic E-state index is -0.354. The van der Waals surface area contributed by atoms with Crippen LogP contribution in [0.2, 0.25) is 0 Å². The highest BCUT2D eigenvalue weighted by molar-refractivity contribution is 5.21. The predicted octanol–water partition coefficient (Wildman–Crippen LogP) is 3.85. The lowest BCUT2D eigenvalue weighted by Crippen LogP contribution is -2.48. The third-order valence-electron chi connectivity index (χ3n) is 5.37. The molecule has 144 valence electrons. The summed E-state index contributed by atoms with van der Waals surface area (Å²) in [6.07, 6.45) is 3.31. The highest BCUT2D eigenvalue weighted by atomic mass is 16.7. The third-order valence-corrected chi connectivity index (χ3v) is 5.37. The molecule has 0 amide bonds. The van der Waals surface area contributed by atoms with Crippen LogP contribution in [0.15, 0.2) is 30.3 Å². The lowest BCUT2D eigenvalue weighted by molar-refractivity contribution is -0.181. The third kappa shape index (κ3) is 5.44. The van der Waals surface area contributed by atoms with E-state index in [-0.39, 0.29) is 17.9 Å². The molecule has 0 N–H and O–H groups in total. The summed E-state index contributed by atoms with van der Waals surface area (Å²) in [5.74, 6) is 1.21. The fourth-order valence-electron chi connectivity index (χ4n) is 3.65. The van der Waals surface area contributed by atoms with Crippen molar-refractivity contribution in [3.8, 4) is 11.8 Å². The molecule has 1 fully saturated rings. The highest BCUT2D eigenvalue weighted by Gasteiger charge is 2.40. The highest BCUT2D eigenvalue weighted by Crippen LogP contribution is 2.37. The Morgan fingerprint density at radius 1 is 1.23 bits per heavy atom. The molecule has 1 aliphatic rings. The molecular formula is C21H32N2O3. The summed E-state index contributed by atoms with van der Waals surface area (Å²) in [4.78, 5) is 2.06. The molecule has 0 aromatic heterocycles. The van der Waals surface area contributed by atoms with Crippen molar-refractivity contribution in [2.45, 2.75) is 57.5 Å². The summed E-state index contributed by atoms with van der Waals surface area (Å²) in [7, 11) is 3.99. The van der Waals surface area contributed by atoms with Crippen molar-refractivity contribution in [2.75, 3.05) is 27.3 Å². The van der Waals surface area contributed by atoms with Crippen LogP contribution in [0.1, 0.15) is 39.5 Å². The molecule has 0 saturated heterocycles. The van der Waals surface area contributed by atoms with Gasteiger partial charge in [0, 0.05) is 6.61 Å². The van der Waals surface area contributed by atoms with Crippen molar-refractivity contribution < 1.29 is 14.2 Å². The van der Waals surface area contributed by atoms with Gasteiger partial charge in [-0.15, -0.1) is 0 Å². The largest absolute Gasteiger partial charge is 0.491 e. The second-order valence-electron chi connectivity index (χ2n) is 7.20. The minimum Gasteiger partial charge on any atom is -0.491 e. The summed E-state index contributed by atoms with van der Waals surface area (Å²) in [5, 5.41) is 9.64. The number of nitrogens with zero attached hydrogens (tertiary/aromatic N) is 2. The lowest BCUT2D eigenvalue weighted by Gasteiger charge is -2.41. The topological polar surface area (TPSA) is 54.7 Å². The monoisotopic (exact) mass is 360 g/mol. The van der Waals surface area contributed by atoms with Crippen molar-refractivity contribution in [1.82, 2.24) is 4.90 Å². The van der Waals surface area contributed by atoms with Crippen molar-refractivity contribution in [3.63, 3.8) is 0 Å². The number of para-hydroxylation sites is 1. The molecule has 0 radical (unpaired) electrons. The Morgan fingerprint density at radius 3 is 2.42 bits per heavy atom. The Kier molecular flexibility index (Phi) is 7.89. The number of nitriles is 1. The van der Waals surface area contributed by atoms with Gasteiger partial charge in [0.05, 0.1) is 12.2 Å². The normalized spacial score (nSPS) is 25.5. The van der Waals surface area contributed by atoms with Crippen molar-refractivity contribution in [3.05, 3.63) is 30.3 Å². The van der Waals surface area contributed by atoms with Gasteiger partial charge in [0.1, 0.15) is 17.9 Å². The van der Waals surface area contributed by atoms with E-state index in [9.17, 15) is 5.26 Å². The summed E-state index contributed by atoms with van der Waals surface area (Å²) in [6, 6.07) is 12.3. The maximum Gasteiger partial charge on any atom is 0.155 e. The Bertz CT molecular complexity index is 562. The van der Waals surface area contributed by atoms with Gasteiger partial charge in [0.15, 0.2) is 6.29 Å². The van der Waals surface area contributed by atoms with E-state index in [1.54, 1.807) is 0 Å². The zero-order valence-electron chi connectivity index (χ0n) is 16.5. The van der Waals surface area contributed by atoms with E-state index >= 15 is 0 Å². The first-order chi connectivity index (χ1) is 12.5. The van der Waals surface area contributed by atoms with Crippen LogP contribution < -0.4 is 4.74 Å². The number of ether oxygens (including phenoxy) is 3. The van der Waals surface area contributed by atoms with E-state index in [2.05, 4.69) is 11.0 Å². The quantitative estimate of drug-likeness (QED) is 0.626. The molecule has 26 heavy (non-hydrogen) atoms. The molecule has 0 bridgehead atoms. The van der Waals surface area contributed by atoms with E-state index in [1.807, 2.05) is 58.3 Å². The second kappa shape index (κ2) is 9.91. The average molecular weight is 360 g/mol. The SMILES string of the molecule is CCOC(C)OC(COc1ccccc1)C1CCC(C#N)(N(C)C)CC1. The molecule has 1 aliphatic carbocycles. The van der Waals surface area contributed by atoms with Gasteiger partial charge >= 0.3 is 0 Å². The first-order valence-corrected chi connectivity index (χ1v) is 9.54. The van der Waals surface area contributed by atoms with Crippen LogP contribution in [0, 0.1) is 17.2 Å². The van der Waals surface area contributed by atoms with Gasteiger partial charge in [-0.25, -0.2) is 0 Å². The number of hydrogen-bond acceptors (Lipinski definition) is 5. The summed E-state index contributed by atoms with van der Waals surface area (Å²) in [5.41, 5.74) is -0.354. The molecule has 5 nitrogen and oxygen atoms in total. The molecule has 0 spiro atoms. The maximum atomic E-state index is 9.64. The summed E-state index contributed by atoms with van der Waals surface area (Å²) >= 11 is 0. The Labute approximate surface area is 157 Å². The van der Waals surface area contributed by atoms with Gasteiger partial charge in [-0.05, 0) is 71.7 Å². The van der Waals surface area contributed by atoms with E-state index in [0.717, 1.165) is 31.4 Å². The Morgan fingerprint density at radius 2 is 1.88 bits per heavy atom. The number of hydrogen-bond donors (Lipinski definition) is 0. The van der Waals surface area contributed by atoms with Gasteiger partial charge in [-0.2, -0.15) is 5.26 Å². The smallest absolute Gasteiger partial charge is 0.155 e. The number of rotatable bonds is 9. The predicted molar refractivity (Wildman–Crippen MR) is 102 cm³/mol. The Balaban J connectivity index is 2.00. The molecule has 5 heteroatoms. The fraction of sp³-hybridized carbons (Fsp3) is 0.667. The van der Waals surface area contributed by atoms with E-state index in [0.29, 0.717) is 19.1 Å². The van der Waals surface area contributed by atoms with Gasteiger partial charge < -0.3 is 14.2 Å². The molecule has 2 rings (SSSR count). The molecule has 2 unspecified atom stereocenters. The molecule has 1 saturated carbocycles. The van der Waals surface area contributed by atoms with Crippen LogP contribution in [-0.2, 0) is 9.47 Å². The van der Waals surface area contributed by atoms with E-state index in [4.69, 9.17) is 14.2 Å². The van der Waals surface area contributed by atoms with Crippen molar-refractivity contribution >= 4 is 0 Å². The van der Waals surface area contributed by atoms with Gasteiger partial charge in [0.25, 0.3) is 0 Å². The van der Waals surface area contributed by atoms with Crippen LogP contribution in [-0.4, -0.2) is 50.1 Å². The Hall–Kier alpha value is -1.61. The van der Waals surface area contributed by atoms with Crippen molar-refractivity contribution in [2.24, 2.45) is 5.92 Å². The fourth-order valence-corrected chi connectivity index (χ4v) is 3.65. The van der Waals surface area contributed by atoms with Crippen LogP contribution >= 0.6 is 0 Å². The summed E-state index contributed by atoms with van der Waals surface area (Å²) < 4.78 is 17.7. The second-order valence-corrected chi connectivity index (χ2v) is 7.20. The minimum absolute atomic E-state index is 0.0457. The van der Waals surface area contributed by atoms with Gasteiger partial charge in [0.2, 0.25) is 0 Å². The molecule has 2 atom stereocenters. The molecule has 1 aromatic rings. The molecule has 1 aromatic carbocycles. The zero-order chi connectivity index (χ0) is 19.0. The van der Waals surface area contributed by atoms with E-state index < -0.39 is 0 Å². The standard InChI is InChI=1S/C21H32N2O3/c1-5-24-17(2)26-20(15-25-19-9-7-6-8-10-19)18-11-13-21(16-22,14-12-18)23(3)4/h6-10,17-18,20H,5,11-15H2,1-4H3. The molecule has 0 heterocycles. The lowest BCUT2D eigenvalue weighted by atomic mass is 9.74.